The molecule has 0 aliphatic heterocycles. The lowest BCUT2D eigenvalue weighted by Crippen LogP contribution is -1.80. The third-order valence-electron chi connectivity index (χ3n) is 1.63. The van der Waals surface area contributed by atoms with E-state index in [0.717, 1.165) is 15.6 Å². The highest BCUT2D eigenvalue weighted by Crippen LogP contribution is 2.31. The molecule has 0 radical (unpaired) electrons. The molecule has 0 N–H and O–H groups in total. The number of halogens is 2. The lowest BCUT2D eigenvalue weighted by molar-refractivity contribution is 1.34. The summed E-state index contributed by atoms with van der Waals surface area (Å²) >= 11 is 11.0. The van der Waals surface area contributed by atoms with Crippen LogP contribution in [0.5, 0.6) is 0 Å². The van der Waals surface area contributed by atoms with Crippen LogP contribution < -0.4 is 0 Å². The van der Waals surface area contributed by atoms with E-state index in [0.29, 0.717) is 5.15 Å². The van der Waals surface area contributed by atoms with Crippen LogP contribution in [0.25, 0.3) is 10.2 Å². The SMILES string of the molecule is Cc1cc2scc(Br)c2nc1Cl. The van der Waals surface area contributed by atoms with Crippen molar-refractivity contribution < 1.29 is 0 Å². The Morgan fingerprint density at radius 3 is 3.08 bits per heavy atom. The van der Waals surface area contributed by atoms with Gasteiger partial charge < -0.3 is 0 Å². The molecule has 0 spiro atoms. The molecule has 0 unspecified atom stereocenters. The summed E-state index contributed by atoms with van der Waals surface area (Å²) in [6, 6.07) is 2.06. The minimum atomic E-state index is 0.585. The van der Waals surface area contributed by atoms with Crippen LogP contribution in [0.2, 0.25) is 5.15 Å². The summed E-state index contributed by atoms with van der Waals surface area (Å²) < 4.78 is 2.19. The Hall–Kier alpha value is -0.120. The molecule has 0 atom stereocenters. The van der Waals surface area contributed by atoms with Crippen LogP contribution in [0.1, 0.15) is 5.56 Å². The summed E-state index contributed by atoms with van der Waals surface area (Å²) in [4.78, 5) is 4.26. The smallest absolute Gasteiger partial charge is 0.132 e. The Kier molecular flexibility index (Phi) is 2.10. The van der Waals surface area contributed by atoms with Crippen molar-refractivity contribution >= 4 is 49.1 Å². The lowest BCUT2D eigenvalue weighted by atomic mass is 10.3. The Morgan fingerprint density at radius 2 is 2.33 bits per heavy atom. The molecule has 2 aromatic rings. The molecular formula is C8H5BrClNS. The number of hydrogen-bond acceptors (Lipinski definition) is 2. The summed E-state index contributed by atoms with van der Waals surface area (Å²) in [6.45, 7) is 1.96. The molecule has 0 saturated heterocycles. The van der Waals surface area contributed by atoms with E-state index in [-0.39, 0.29) is 0 Å². The average Bonchev–Trinajstić information content (AvgIpc) is 2.35. The second-order valence-electron chi connectivity index (χ2n) is 2.53. The van der Waals surface area contributed by atoms with Gasteiger partial charge in [0.2, 0.25) is 0 Å². The predicted molar refractivity (Wildman–Crippen MR) is 57.1 cm³/mol. The highest BCUT2D eigenvalue weighted by molar-refractivity contribution is 9.10. The zero-order chi connectivity index (χ0) is 8.72. The van der Waals surface area contributed by atoms with Gasteiger partial charge in [-0.1, -0.05) is 11.6 Å². The summed E-state index contributed by atoms with van der Waals surface area (Å²) in [7, 11) is 0. The number of rotatable bonds is 0. The fourth-order valence-electron chi connectivity index (χ4n) is 0.998. The number of hydrogen-bond donors (Lipinski definition) is 0. The quantitative estimate of drug-likeness (QED) is 0.654. The van der Waals surface area contributed by atoms with Crippen molar-refractivity contribution in [1.29, 1.82) is 0 Å². The van der Waals surface area contributed by atoms with Gasteiger partial charge in [0.1, 0.15) is 5.15 Å². The van der Waals surface area contributed by atoms with Crippen LogP contribution in [-0.4, -0.2) is 4.98 Å². The topological polar surface area (TPSA) is 12.9 Å². The first-order chi connectivity index (χ1) is 5.68. The van der Waals surface area contributed by atoms with Crippen LogP contribution in [0.15, 0.2) is 15.9 Å². The van der Waals surface area contributed by atoms with Crippen molar-refractivity contribution in [1.82, 2.24) is 4.98 Å². The monoisotopic (exact) mass is 261 g/mol. The zero-order valence-corrected chi connectivity index (χ0v) is 9.42. The maximum atomic E-state index is 5.89. The van der Waals surface area contributed by atoms with Gasteiger partial charge in [-0.2, -0.15) is 0 Å². The van der Waals surface area contributed by atoms with E-state index >= 15 is 0 Å². The van der Waals surface area contributed by atoms with Crippen molar-refractivity contribution in [3.05, 3.63) is 26.6 Å². The number of aromatic nitrogens is 1. The van der Waals surface area contributed by atoms with E-state index in [4.69, 9.17) is 11.6 Å². The highest BCUT2D eigenvalue weighted by Gasteiger charge is 2.05. The number of pyridine rings is 1. The van der Waals surface area contributed by atoms with Gasteiger partial charge in [-0.05, 0) is 34.5 Å². The van der Waals surface area contributed by atoms with E-state index in [1.165, 1.54) is 4.70 Å². The average molecular weight is 263 g/mol. The molecule has 12 heavy (non-hydrogen) atoms. The van der Waals surface area contributed by atoms with Gasteiger partial charge in [-0.25, -0.2) is 4.98 Å². The first kappa shape index (κ1) is 8.48. The van der Waals surface area contributed by atoms with Crippen LogP contribution in [0.3, 0.4) is 0 Å². The molecule has 2 heterocycles. The maximum absolute atomic E-state index is 5.89. The minimum Gasteiger partial charge on any atom is -0.234 e. The van der Waals surface area contributed by atoms with Crippen molar-refractivity contribution in [2.75, 3.05) is 0 Å². The molecule has 0 aliphatic carbocycles. The standard InChI is InChI=1S/C8H5BrClNS/c1-4-2-6-7(11-8(4)10)5(9)3-12-6/h2-3H,1H3. The van der Waals surface area contributed by atoms with Crippen molar-refractivity contribution in [2.45, 2.75) is 6.92 Å². The van der Waals surface area contributed by atoms with Gasteiger partial charge in [-0.15, -0.1) is 11.3 Å². The van der Waals surface area contributed by atoms with E-state index in [2.05, 4.69) is 27.0 Å². The van der Waals surface area contributed by atoms with Gasteiger partial charge in [0.05, 0.1) is 14.7 Å². The molecule has 0 bridgehead atoms. The molecular weight excluding hydrogens is 258 g/mol. The van der Waals surface area contributed by atoms with Crippen LogP contribution in [-0.2, 0) is 0 Å². The van der Waals surface area contributed by atoms with Crippen LogP contribution in [0, 0.1) is 6.92 Å². The van der Waals surface area contributed by atoms with Crippen molar-refractivity contribution in [3.63, 3.8) is 0 Å². The normalized spacial score (nSPS) is 10.9. The van der Waals surface area contributed by atoms with Gasteiger partial charge in [-0.3, -0.25) is 0 Å². The van der Waals surface area contributed by atoms with Crippen LogP contribution >= 0.6 is 38.9 Å². The first-order valence-electron chi connectivity index (χ1n) is 3.38. The van der Waals surface area contributed by atoms with E-state index < -0.39 is 0 Å². The molecule has 0 fully saturated rings. The molecule has 62 valence electrons. The summed E-state index contributed by atoms with van der Waals surface area (Å²) in [6.07, 6.45) is 0. The molecule has 2 rings (SSSR count). The summed E-state index contributed by atoms with van der Waals surface area (Å²) in [5.41, 5.74) is 1.98. The number of fused-ring (bicyclic) bond motifs is 1. The second kappa shape index (κ2) is 2.98. The third kappa shape index (κ3) is 1.26. The van der Waals surface area contributed by atoms with Gasteiger partial charge in [0, 0.05) is 5.38 Å². The Balaban J connectivity index is 2.87. The largest absolute Gasteiger partial charge is 0.234 e. The minimum absolute atomic E-state index is 0.585. The van der Waals surface area contributed by atoms with Gasteiger partial charge in [0.25, 0.3) is 0 Å². The third-order valence-corrected chi connectivity index (χ3v) is 3.84. The van der Waals surface area contributed by atoms with Gasteiger partial charge >= 0.3 is 0 Å². The first-order valence-corrected chi connectivity index (χ1v) is 5.43. The lowest BCUT2D eigenvalue weighted by Gasteiger charge is -1.96. The zero-order valence-electron chi connectivity index (χ0n) is 6.27. The molecule has 1 nitrogen and oxygen atoms in total. The summed E-state index contributed by atoms with van der Waals surface area (Å²) in [5.74, 6) is 0. The molecule has 2 aromatic heterocycles. The highest BCUT2D eigenvalue weighted by atomic mass is 79.9. The molecule has 0 amide bonds. The Bertz CT molecular complexity index is 438. The van der Waals surface area contributed by atoms with Crippen molar-refractivity contribution in [3.8, 4) is 0 Å². The fraction of sp³-hybridized carbons (Fsp3) is 0.125. The van der Waals surface area contributed by atoms with Gasteiger partial charge in [0.15, 0.2) is 0 Å². The predicted octanol–water partition coefficient (Wildman–Crippen LogP) is 4.02. The Labute approximate surface area is 87.5 Å². The van der Waals surface area contributed by atoms with E-state index in [1.807, 2.05) is 12.3 Å². The molecule has 0 aromatic carbocycles. The summed E-state index contributed by atoms with van der Waals surface area (Å²) in [5, 5.41) is 2.61. The number of thiophene rings is 1. The fourth-order valence-corrected chi connectivity index (χ4v) is 2.70. The van der Waals surface area contributed by atoms with E-state index in [9.17, 15) is 0 Å². The maximum Gasteiger partial charge on any atom is 0.132 e. The van der Waals surface area contributed by atoms with Crippen molar-refractivity contribution in [2.24, 2.45) is 0 Å². The number of aryl methyl sites for hydroxylation is 1. The molecule has 4 heteroatoms. The molecule has 0 aliphatic rings. The Morgan fingerprint density at radius 1 is 1.58 bits per heavy atom. The van der Waals surface area contributed by atoms with E-state index in [1.54, 1.807) is 11.3 Å². The molecule has 0 saturated carbocycles. The van der Waals surface area contributed by atoms with Crippen LogP contribution in [0.4, 0.5) is 0 Å². The second-order valence-corrected chi connectivity index (χ2v) is 4.65. The number of nitrogens with zero attached hydrogens (tertiary/aromatic N) is 1.